The van der Waals surface area contributed by atoms with E-state index in [0.29, 0.717) is 12.6 Å². The van der Waals surface area contributed by atoms with Crippen LogP contribution in [-0.2, 0) is 0 Å². The van der Waals surface area contributed by atoms with Crippen LogP contribution in [0.4, 0.5) is 0 Å². The van der Waals surface area contributed by atoms with E-state index in [0.717, 1.165) is 18.0 Å². The molecule has 1 rings (SSSR count). The monoisotopic (exact) mass is 250 g/mol. The molecule has 1 N–H and O–H groups in total. The zero-order valence-corrected chi connectivity index (χ0v) is 11.9. The van der Waals surface area contributed by atoms with E-state index in [9.17, 15) is 0 Å². The Bertz CT molecular complexity index is 311. The molecule has 0 saturated carbocycles. The molecule has 1 unspecified atom stereocenters. The second-order valence-electron chi connectivity index (χ2n) is 4.83. The Labute approximate surface area is 111 Å². The SMILES string of the molecule is CCCCCC(C)NCCOc1ccc(C)nc1. The van der Waals surface area contributed by atoms with Crippen LogP contribution in [0.5, 0.6) is 5.75 Å². The molecule has 1 aromatic rings. The zero-order valence-electron chi connectivity index (χ0n) is 11.9. The second-order valence-corrected chi connectivity index (χ2v) is 4.83. The normalized spacial score (nSPS) is 12.4. The molecule has 0 fully saturated rings. The van der Waals surface area contributed by atoms with E-state index >= 15 is 0 Å². The molecule has 0 aromatic carbocycles. The van der Waals surface area contributed by atoms with Crippen LogP contribution in [0.15, 0.2) is 18.3 Å². The highest BCUT2D eigenvalue weighted by Gasteiger charge is 2.00. The first-order chi connectivity index (χ1) is 8.72. The maximum absolute atomic E-state index is 5.61. The van der Waals surface area contributed by atoms with Crippen LogP contribution >= 0.6 is 0 Å². The van der Waals surface area contributed by atoms with Gasteiger partial charge in [-0.15, -0.1) is 0 Å². The fourth-order valence-corrected chi connectivity index (χ4v) is 1.82. The smallest absolute Gasteiger partial charge is 0.137 e. The summed E-state index contributed by atoms with van der Waals surface area (Å²) in [4.78, 5) is 4.20. The highest BCUT2D eigenvalue weighted by molar-refractivity contribution is 5.18. The number of hydrogen-bond donors (Lipinski definition) is 1. The Morgan fingerprint density at radius 1 is 1.33 bits per heavy atom. The lowest BCUT2D eigenvalue weighted by atomic mass is 10.1. The first-order valence-corrected chi connectivity index (χ1v) is 7.01. The third kappa shape index (κ3) is 6.60. The van der Waals surface area contributed by atoms with Crippen molar-refractivity contribution in [1.82, 2.24) is 10.3 Å². The Balaban J connectivity index is 2.05. The summed E-state index contributed by atoms with van der Waals surface area (Å²) in [5.41, 5.74) is 1.02. The molecular formula is C15H26N2O. The van der Waals surface area contributed by atoms with Crippen LogP contribution in [0, 0.1) is 6.92 Å². The number of nitrogens with zero attached hydrogens (tertiary/aromatic N) is 1. The maximum Gasteiger partial charge on any atom is 0.137 e. The zero-order chi connectivity index (χ0) is 13.2. The molecule has 3 nitrogen and oxygen atoms in total. The lowest BCUT2D eigenvalue weighted by Crippen LogP contribution is -2.30. The highest BCUT2D eigenvalue weighted by Crippen LogP contribution is 2.08. The van der Waals surface area contributed by atoms with Gasteiger partial charge in [0.05, 0.1) is 6.20 Å². The third-order valence-electron chi connectivity index (χ3n) is 2.99. The first-order valence-electron chi connectivity index (χ1n) is 7.01. The van der Waals surface area contributed by atoms with Crippen molar-refractivity contribution in [3.8, 4) is 5.75 Å². The van der Waals surface area contributed by atoms with Gasteiger partial charge in [-0.2, -0.15) is 0 Å². The lowest BCUT2D eigenvalue weighted by Gasteiger charge is -2.13. The van der Waals surface area contributed by atoms with Crippen LogP contribution in [0.2, 0.25) is 0 Å². The molecule has 18 heavy (non-hydrogen) atoms. The van der Waals surface area contributed by atoms with Gasteiger partial charge in [-0.1, -0.05) is 26.2 Å². The summed E-state index contributed by atoms with van der Waals surface area (Å²) in [6.45, 7) is 8.04. The van der Waals surface area contributed by atoms with E-state index in [1.165, 1.54) is 25.7 Å². The molecule has 1 atom stereocenters. The van der Waals surface area contributed by atoms with Gasteiger partial charge in [0, 0.05) is 18.3 Å². The van der Waals surface area contributed by atoms with Crippen molar-refractivity contribution in [2.24, 2.45) is 0 Å². The average molecular weight is 250 g/mol. The van der Waals surface area contributed by atoms with Crippen molar-refractivity contribution in [3.05, 3.63) is 24.0 Å². The molecule has 0 radical (unpaired) electrons. The topological polar surface area (TPSA) is 34.1 Å². The van der Waals surface area contributed by atoms with E-state index in [2.05, 4.69) is 24.1 Å². The summed E-state index contributed by atoms with van der Waals surface area (Å²) in [6, 6.07) is 4.51. The number of hydrogen-bond acceptors (Lipinski definition) is 3. The van der Waals surface area contributed by atoms with Crippen LogP contribution in [-0.4, -0.2) is 24.2 Å². The molecular weight excluding hydrogens is 224 g/mol. The Morgan fingerprint density at radius 3 is 2.83 bits per heavy atom. The predicted octanol–water partition coefficient (Wildman–Crippen LogP) is 3.33. The summed E-state index contributed by atoms with van der Waals surface area (Å²) in [5, 5.41) is 3.48. The minimum Gasteiger partial charge on any atom is -0.491 e. The number of unbranched alkanes of at least 4 members (excludes halogenated alkanes) is 2. The van der Waals surface area contributed by atoms with Gasteiger partial charge < -0.3 is 10.1 Å². The van der Waals surface area contributed by atoms with Gasteiger partial charge >= 0.3 is 0 Å². The van der Waals surface area contributed by atoms with Gasteiger partial charge in [-0.3, -0.25) is 4.98 Å². The summed E-state index contributed by atoms with van der Waals surface area (Å²) >= 11 is 0. The molecule has 0 bridgehead atoms. The van der Waals surface area contributed by atoms with E-state index in [4.69, 9.17) is 4.74 Å². The van der Waals surface area contributed by atoms with Gasteiger partial charge in [0.25, 0.3) is 0 Å². The number of rotatable bonds is 9. The molecule has 3 heteroatoms. The molecule has 0 aliphatic rings. The minimum atomic E-state index is 0.580. The van der Waals surface area contributed by atoms with E-state index < -0.39 is 0 Å². The van der Waals surface area contributed by atoms with E-state index in [-0.39, 0.29) is 0 Å². The third-order valence-corrected chi connectivity index (χ3v) is 2.99. The first kappa shape index (κ1) is 15.0. The van der Waals surface area contributed by atoms with Crippen LogP contribution < -0.4 is 10.1 Å². The van der Waals surface area contributed by atoms with E-state index in [1.807, 2.05) is 19.1 Å². The van der Waals surface area contributed by atoms with E-state index in [1.54, 1.807) is 6.20 Å². The highest BCUT2D eigenvalue weighted by atomic mass is 16.5. The van der Waals surface area contributed by atoms with Crippen molar-refractivity contribution < 1.29 is 4.74 Å². The maximum atomic E-state index is 5.61. The number of ether oxygens (including phenoxy) is 1. The fraction of sp³-hybridized carbons (Fsp3) is 0.667. The van der Waals surface area contributed by atoms with Gasteiger partial charge in [0.1, 0.15) is 12.4 Å². The summed E-state index contributed by atoms with van der Waals surface area (Å²) < 4.78 is 5.61. The molecule has 1 heterocycles. The molecule has 0 amide bonds. The Kier molecular flexibility index (Phi) is 7.42. The summed E-state index contributed by atoms with van der Waals surface area (Å²) in [6.07, 6.45) is 6.96. The quantitative estimate of drug-likeness (QED) is 0.683. The Morgan fingerprint density at radius 2 is 2.17 bits per heavy atom. The van der Waals surface area contributed by atoms with Gasteiger partial charge in [-0.25, -0.2) is 0 Å². The van der Waals surface area contributed by atoms with Gasteiger partial charge in [0.2, 0.25) is 0 Å². The minimum absolute atomic E-state index is 0.580. The lowest BCUT2D eigenvalue weighted by molar-refractivity contribution is 0.303. The predicted molar refractivity (Wildman–Crippen MR) is 76.1 cm³/mol. The number of pyridine rings is 1. The molecule has 102 valence electrons. The molecule has 0 aliphatic heterocycles. The van der Waals surface area contributed by atoms with Gasteiger partial charge in [0.15, 0.2) is 0 Å². The second kappa shape index (κ2) is 8.92. The molecule has 1 aromatic heterocycles. The molecule has 0 spiro atoms. The van der Waals surface area contributed by atoms with Crippen LogP contribution in [0.1, 0.15) is 45.2 Å². The standard InChI is InChI=1S/C15H26N2O/c1-4-5-6-7-13(2)16-10-11-18-15-9-8-14(3)17-12-15/h8-9,12-13,16H,4-7,10-11H2,1-3H3. The average Bonchev–Trinajstić information content (AvgIpc) is 2.37. The van der Waals surface area contributed by atoms with Crippen LogP contribution in [0.25, 0.3) is 0 Å². The van der Waals surface area contributed by atoms with Gasteiger partial charge in [-0.05, 0) is 32.4 Å². The van der Waals surface area contributed by atoms with Crippen LogP contribution in [0.3, 0.4) is 0 Å². The van der Waals surface area contributed by atoms with Crippen molar-refractivity contribution in [2.45, 2.75) is 52.5 Å². The number of aromatic nitrogens is 1. The molecule has 0 aliphatic carbocycles. The Hall–Kier alpha value is -1.09. The summed E-state index contributed by atoms with van der Waals surface area (Å²) in [5.74, 6) is 0.848. The number of aryl methyl sites for hydroxylation is 1. The van der Waals surface area contributed by atoms with Crippen molar-refractivity contribution in [1.29, 1.82) is 0 Å². The fourth-order valence-electron chi connectivity index (χ4n) is 1.82. The number of nitrogens with one attached hydrogen (secondary N) is 1. The summed E-state index contributed by atoms with van der Waals surface area (Å²) in [7, 11) is 0. The van der Waals surface area contributed by atoms with Crippen molar-refractivity contribution >= 4 is 0 Å². The van der Waals surface area contributed by atoms with Crippen molar-refractivity contribution in [3.63, 3.8) is 0 Å². The largest absolute Gasteiger partial charge is 0.491 e. The molecule has 0 saturated heterocycles. The van der Waals surface area contributed by atoms with Crippen molar-refractivity contribution in [2.75, 3.05) is 13.2 Å².